The van der Waals surface area contributed by atoms with Crippen LogP contribution in [0.1, 0.15) is 48.2 Å². The molecule has 2 aliphatic rings. The summed E-state index contributed by atoms with van der Waals surface area (Å²) in [4.78, 5) is 33.2. The molecule has 6 nitrogen and oxygen atoms in total. The number of amides is 3. The number of nitrogens with one attached hydrogen (secondary N) is 1. The first kappa shape index (κ1) is 18.4. The second kappa shape index (κ2) is 7.03. The van der Waals surface area contributed by atoms with E-state index < -0.39 is 6.04 Å². The fraction of sp³-hybridized carbons (Fsp3) is 0.292. The van der Waals surface area contributed by atoms with Gasteiger partial charge in [0.25, 0.3) is 5.91 Å². The van der Waals surface area contributed by atoms with Crippen molar-refractivity contribution in [3.63, 3.8) is 0 Å². The lowest BCUT2D eigenvalue weighted by Gasteiger charge is -2.36. The number of carbonyl (C=O) groups is 2. The topological polar surface area (TPSA) is 80.2 Å². The van der Waals surface area contributed by atoms with E-state index in [0.29, 0.717) is 18.5 Å². The number of fused-ring (bicyclic) bond motifs is 4. The Morgan fingerprint density at radius 2 is 1.90 bits per heavy atom. The van der Waals surface area contributed by atoms with E-state index in [1.165, 1.54) is 4.90 Å². The molecule has 2 aliphatic heterocycles. The molecule has 0 aliphatic carbocycles. The van der Waals surface area contributed by atoms with Gasteiger partial charge in [0.2, 0.25) is 0 Å². The van der Waals surface area contributed by atoms with Crippen molar-refractivity contribution < 1.29 is 9.59 Å². The van der Waals surface area contributed by atoms with Crippen LogP contribution in [0.2, 0.25) is 0 Å². The predicted octanol–water partition coefficient (Wildman–Crippen LogP) is 4.12. The second-order valence-electron chi connectivity index (χ2n) is 7.95. The maximum absolute atomic E-state index is 13.4. The first-order chi connectivity index (χ1) is 14.6. The molecule has 1 N–H and O–H groups in total. The number of hydrogen-bond acceptors (Lipinski definition) is 3. The summed E-state index contributed by atoms with van der Waals surface area (Å²) in [6, 6.07) is 16.4. The highest BCUT2D eigenvalue weighted by Crippen LogP contribution is 2.44. The lowest BCUT2D eigenvalue weighted by molar-refractivity contribution is -0.128. The van der Waals surface area contributed by atoms with E-state index in [4.69, 9.17) is 5.26 Å². The van der Waals surface area contributed by atoms with Gasteiger partial charge in [0.15, 0.2) is 0 Å². The quantitative estimate of drug-likeness (QED) is 0.672. The van der Waals surface area contributed by atoms with Gasteiger partial charge in [-0.3, -0.25) is 14.6 Å². The van der Waals surface area contributed by atoms with Gasteiger partial charge in [0.05, 0.1) is 11.6 Å². The van der Waals surface area contributed by atoms with Crippen molar-refractivity contribution >= 4 is 22.8 Å². The van der Waals surface area contributed by atoms with Crippen LogP contribution in [-0.4, -0.2) is 39.3 Å². The van der Waals surface area contributed by atoms with Gasteiger partial charge in [-0.25, -0.2) is 4.79 Å². The summed E-state index contributed by atoms with van der Waals surface area (Å²) in [5, 5.41) is 10.3. The minimum atomic E-state index is -0.498. The molecule has 0 saturated carbocycles. The summed E-state index contributed by atoms with van der Waals surface area (Å²) in [7, 11) is 0. The van der Waals surface area contributed by atoms with E-state index in [2.05, 4.69) is 24.0 Å². The number of benzene rings is 2. The van der Waals surface area contributed by atoms with E-state index in [1.807, 2.05) is 30.3 Å². The third-order valence-corrected chi connectivity index (χ3v) is 6.23. The summed E-state index contributed by atoms with van der Waals surface area (Å²) in [6.45, 7) is 2.50. The Labute approximate surface area is 174 Å². The van der Waals surface area contributed by atoms with Crippen molar-refractivity contribution in [2.45, 2.75) is 38.3 Å². The number of hydrogen-bond donors (Lipinski definition) is 1. The Morgan fingerprint density at radius 3 is 2.63 bits per heavy atom. The number of urea groups is 1. The Balaban J connectivity index is 1.67. The fourth-order valence-electron chi connectivity index (χ4n) is 4.74. The average Bonchev–Trinajstić information content (AvgIpc) is 3.26. The maximum atomic E-state index is 13.4. The summed E-state index contributed by atoms with van der Waals surface area (Å²) in [5.74, 6) is -0.108. The van der Waals surface area contributed by atoms with Gasteiger partial charge in [-0.1, -0.05) is 43.7 Å². The Morgan fingerprint density at radius 1 is 1.13 bits per heavy atom. The highest BCUT2D eigenvalue weighted by atomic mass is 16.2. The monoisotopic (exact) mass is 398 g/mol. The molecule has 0 radical (unpaired) electrons. The van der Waals surface area contributed by atoms with Gasteiger partial charge in [0, 0.05) is 29.6 Å². The van der Waals surface area contributed by atoms with E-state index in [1.54, 1.807) is 17.0 Å². The average molecular weight is 398 g/mol. The number of aromatic nitrogens is 1. The van der Waals surface area contributed by atoms with Crippen molar-refractivity contribution in [2.24, 2.45) is 0 Å². The molecule has 1 fully saturated rings. The van der Waals surface area contributed by atoms with E-state index in [0.717, 1.165) is 40.6 Å². The number of nitrogens with zero attached hydrogens (tertiary/aromatic N) is 3. The molecule has 30 heavy (non-hydrogen) atoms. The molecule has 2 atom stereocenters. The third-order valence-electron chi connectivity index (χ3n) is 6.23. The molecule has 0 spiro atoms. The summed E-state index contributed by atoms with van der Waals surface area (Å²) in [5.41, 5.74) is 4.52. The summed E-state index contributed by atoms with van der Waals surface area (Å²) < 4.78 is 0. The highest BCUT2D eigenvalue weighted by Gasteiger charge is 2.52. The number of rotatable bonds is 4. The third kappa shape index (κ3) is 2.62. The Kier molecular flexibility index (Phi) is 4.32. The number of H-pyrrole nitrogens is 1. The van der Waals surface area contributed by atoms with Crippen molar-refractivity contribution in [2.75, 3.05) is 6.54 Å². The van der Waals surface area contributed by atoms with Crippen molar-refractivity contribution in [1.29, 1.82) is 5.26 Å². The molecule has 3 aromatic rings. The lowest BCUT2D eigenvalue weighted by Crippen LogP contribution is -2.44. The molecule has 2 unspecified atom stereocenters. The van der Waals surface area contributed by atoms with Crippen LogP contribution in [0, 0.1) is 11.3 Å². The van der Waals surface area contributed by atoms with Crippen LogP contribution >= 0.6 is 0 Å². The van der Waals surface area contributed by atoms with Gasteiger partial charge in [-0.15, -0.1) is 0 Å². The molecule has 6 heteroatoms. The van der Waals surface area contributed by atoms with E-state index in [-0.39, 0.29) is 18.0 Å². The number of nitriles is 1. The van der Waals surface area contributed by atoms with Crippen LogP contribution in [0.3, 0.4) is 0 Å². The number of imide groups is 1. The lowest BCUT2D eigenvalue weighted by atomic mass is 9.88. The van der Waals surface area contributed by atoms with Gasteiger partial charge >= 0.3 is 6.03 Å². The van der Waals surface area contributed by atoms with Gasteiger partial charge in [-0.05, 0) is 35.7 Å². The number of carbonyl (C=O) groups excluding carboxylic acids is 2. The molecule has 3 amide bonds. The number of para-hydroxylation sites is 1. The standard InChI is InChI=1S/C24H22N4O2/c1-2-3-12-27-23(29)20-13-18-17-6-4-5-7-19(17)26-21(18)22(28(20)24(27)30)16-10-8-15(14-25)9-11-16/h4-11,20,22,26H,2-3,12-13H2,1H3. The first-order valence-corrected chi connectivity index (χ1v) is 10.4. The predicted molar refractivity (Wildman–Crippen MR) is 113 cm³/mol. The van der Waals surface area contributed by atoms with Crippen LogP contribution < -0.4 is 0 Å². The zero-order valence-electron chi connectivity index (χ0n) is 16.8. The molecule has 0 bridgehead atoms. The SMILES string of the molecule is CCCCN1C(=O)C2Cc3c([nH]c4ccccc34)C(c3ccc(C#N)cc3)N2C1=O. The van der Waals surface area contributed by atoms with Crippen molar-refractivity contribution in [1.82, 2.24) is 14.8 Å². The largest absolute Gasteiger partial charge is 0.356 e. The Hall–Kier alpha value is -3.59. The molecule has 2 aromatic carbocycles. The summed E-state index contributed by atoms with van der Waals surface area (Å²) >= 11 is 0. The summed E-state index contributed by atoms with van der Waals surface area (Å²) in [6.07, 6.45) is 2.23. The minimum Gasteiger partial charge on any atom is -0.356 e. The zero-order valence-corrected chi connectivity index (χ0v) is 16.8. The zero-order chi connectivity index (χ0) is 20.8. The second-order valence-corrected chi connectivity index (χ2v) is 7.95. The maximum Gasteiger partial charge on any atom is 0.328 e. The normalized spacial score (nSPS) is 20.4. The van der Waals surface area contributed by atoms with Crippen molar-refractivity contribution in [3.8, 4) is 6.07 Å². The molecule has 1 aromatic heterocycles. The molecule has 5 rings (SSSR count). The fourth-order valence-corrected chi connectivity index (χ4v) is 4.74. The molecular weight excluding hydrogens is 376 g/mol. The smallest absolute Gasteiger partial charge is 0.328 e. The van der Waals surface area contributed by atoms with Crippen LogP contribution in [0.4, 0.5) is 4.79 Å². The molecule has 1 saturated heterocycles. The van der Waals surface area contributed by atoms with Gasteiger partial charge in [0.1, 0.15) is 12.1 Å². The molecule has 150 valence electrons. The number of aromatic amines is 1. The van der Waals surface area contributed by atoms with Gasteiger partial charge in [-0.2, -0.15) is 5.26 Å². The molecule has 3 heterocycles. The Bertz CT molecular complexity index is 1190. The van der Waals surface area contributed by atoms with E-state index in [9.17, 15) is 9.59 Å². The highest BCUT2D eigenvalue weighted by molar-refractivity contribution is 6.05. The van der Waals surface area contributed by atoms with Crippen LogP contribution in [-0.2, 0) is 11.2 Å². The van der Waals surface area contributed by atoms with Crippen LogP contribution in [0.25, 0.3) is 10.9 Å². The van der Waals surface area contributed by atoms with Crippen LogP contribution in [0.5, 0.6) is 0 Å². The first-order valence-electron chi connectivity index (χ1n) is 10.4. The van der Waals surface area contributed by atoms with E-state index >= 15 is 0 Å². The van der Waals surface area contributed by atoms with Gasteiger partial charge < -0.3 is 4.98 Å². The van der Waals surface area contributed by atoms with Crippen LogP contribution in [0.15, 0.2) is 48.5 Å². The minimum absolute atomic E-state index is 0.108. The molecular formula is C24H22N4O2. The number of unbranched alkanes of at least 4 members (excludes halogenated alkanes) is 1. The van der Waals surface area contributed by atoms with Crippen molar-refractivity contribution in [3.05, 3.63) is 70.9 Å².